The van der Waals surface area contributed by atoms with Crippen LogP contribution in [0.1, 0.15) is 120 Å². The van der Waals surface area contributed by atoms with Crippen molar-refractivity contribution < 1.29 is 0 Å². The fourth-order valence-electron chi connectivity index (χ4n) is 10.7. The third kappa shape index (κ3) is 5.49. The normalized spacial score (nSPS) is 40.1. The van der Waals surface area contributed by atoms with E-state index in [1.54, 1.807) is 6.42 Å². The van der Waals surface area contributed by atoms with Crippen LogP contribution in [-0.2, 0) is 0 Å². The molecule has 0 nitrogen and oxygen atoms in total. The summed E-state index contributed by atoms with van der Waals surface area (Å²) in [6.45, 7) is 30.2. The minimum atomic E-state index is -1.16. The van der Waals surface area contributed by atoms with Gasteiger partial charge in [0, 0.05) is 0 Å². The van der Waals surface area contributed by atoms with Crippen LogP contribution < -0.4 is 0 Å². The van der Waals surface area contributed by atoms with Crippen molar-refractivity contribution in [2.24, 2.45) is 63.6 Å². The third-order valence-corrected chi connectivity index (χ3v) is 17.6. The fraction of sp³-hybridized carbons (Fsp3) is 0.943. The van der Waals surface area contributed by atoms with Gasteiger partial charge in [-0.2, -0.15) is 0 Å². The Bertz CT molecular complexity index is 722. The summed E-state index contributed by atoms with van der Waals surface area (Å²) in [6.07, 6.45) is 17.1. The largest absolute Gasteiger partial charge is 0.103 e. The van der Waals surface area contributed by atoms with Gasteiger partial charge in [-0.25, -0.2) is 0 Å². The highest BCUT2D eigenvalue weighted by Crippen LogP contribution is 2.67. The van der Waals surface area contributed by atoms with E-state index in [0.717, 1.165) is 52.9 Å². The van der Waals surface area contributed by atoms with Gasteiger partial charge in [0.25, 0.3) is 0 Å². The van der Waals surface area contributed by atoms with Crippen LogP contribution in [0.5, 0.6) is 0 Å². The molecule has 0 radical (unpaired) electrons. The summed E-state index contributed by atoms with van der Waals surface area (Å²) in [7, 11) is -1.16. The van der Waals surface area contributed by atoms with Crippen molar-refractivity contribution in [2.45, 2.75) is 144 Å². The number of allylic oxidation sites excluding steroid dienone is 1. The molecule has 8 atom stereocenters. The number of fused-ring (bicyclic) bond motifs is 3. The van der Waals surface area contributed by atoms with Gasteiger partial charge in [0.2, 0.25) is 0 Å². The highest BCUT2D eigenvalue weighted by Gasteiger charge is 2.60. The van der Waals surface area contributed by atoms with E-state index in [-0.39, 0.29) is 0 Å². The maximum Gasteiger partial charge on any atom is 0.0508 e. The van der Waals surface area contributed by atoms with Gasteiger partial charge in [0.15, 0.2) is 0 Å². The highest BCUT2D eigenvalue weighted by molar-refractivity contribution is 6.78. The molecule has 0 bridgehead atoms. The number of hydrogen-bond acceptors (Lipinski definition) is 0. The Morgan fingerprint density at radius 2 is 1.11 bits per heavy atom. The van der Waals surface area contributed by atoms with Crippen molar-refractivity contribution in [3.63, 3.8) is 0 Å². The molecule has 4 aliphatic rings. The van der Waals surface area contributed by atoms with E-state index in [9.17, 15) is 0 Å². The highest BCUT2D eigenvalue weighted by atomic mass is 28.3. The average Bonchev–Trinajstić information content (AvgIpc) is 3.40. The summed E-state index contributed by atoms with van der Waals surface area (Å²) in [5.74, 6) is 7.84. The van der Waals surface area contributed by atoms with Crippen molar-refractivity contribution in [1.29, 1.82) is 0 Å². The monoisotopic (exact) mass is 512 g/mol. The molecule has 0 aromatic carbocycles. The second-order valence-electron chi connectivity index (χ2n) is 17.8. The molecule has 208 valence electrons. The Hall–Kier alpha value is -0.0431. The Kier molecular flexibility index (Phi) is 8.18. The molecule has 36 heavy (non-hydrogen) atoms. The van der Waals surface area contributed by atoms with Crippen LogP contribution >= 0.6 is 0 Å². The molecule has 0 heterocycles. The molecule has 0 aliphatic heterocycles. The molecule has 4 rings (SSSR count). The quantitative estimate of drug-likeness (QED) is 0.245. The van der Waals surface area contributed by atoms with Gasteiger partial charge in [-0.3, -0.25) is 0 Å². The number of hydrogen-bond donors (Lipinski definition) is 0. The van der Waals surface area contributed by atoms with Gasteiger partial charge in [-0.15, -0.1) is 6.58 Å². The minimum Gasteiger partial charge on any atom is -0.103 e. The topological polar surface area (TPSA) is 0 Å². The first kappa shape index (κ1) is 29.0. The summed E-state index contributed by atoms with van der Waals surface area (Å²) >= 11 is 0. The van der Waals surface area contributed by atoms with Crippen LogP contribution in [0.2, 0.25) is 24.7 Å². The van der Waals surface area contributed by atoms with Gasteiger partial charge < -0.3 is 0 Å². The fourth-order valence-corrected chi connectivity index (χ4v) is 13.9. The number of rotatable bonds is 6. The standard InChI is InChI=1S/C35H64Si/c1-12-13-20-36(10,11)27-17-14-26(21-27)35(8,9)32-30-22-24(33(2,3)4)15-18-28(30)29-19-16-25(23-31(29)32)34(5,6)7/h12,24-32H,1,13-23H2,2-11H3. The van der Waals surface area contributed by atoms with Crippen molar-refractivity contribution in [3.05, 3.63) is 12.7 Å². The first-order valence-electron chi connectivity index (χ1n) is 16.2. The first-order valence-corrected chi connectivity index (χ1v) is 19.5. The Morgan fingerprint density at radius 3 is 1.56 bits per heavy atom. The molecule has 0 spiro atoms. The van der Waals surface area contributed by atoms with Crippen LogP contribution in [0.4, 0.5) is 0 Å². The van der Waals surface area contributed by atoms with Crippen molar-refractivity contribution >= 4 is 8.07 Å². The zero-order valence-electron chi connectivity index (χ0n) is 26.3. The lowest BCUT2D eigenvalue weighted by molar-refractivity contribution is -0.000721. The molecule has 1 heteroatoms. The van der Waals surface area contributed by atoms with E-state index in [1.807, 2.05) is 0 Å². The van der Waals surface area contributed by atoms with Gasteiger partial charge in [-0.1, -0.05) is 87.0 Å². The predicted octanol–water partition coefficient (Wildman–Crippen LogP) is 11.3. The summed E-state index contributed by atoms with van der Waals surface area (Å²) in [4.78, 5) is 0. The molecule has 4 aliphatic carbocycles. The lowest BCUT2D eigenvalue weighted by Gasteiger charge is -2.49. The summed E-state index contributed by atoms with van der Waals surface area (Å²) < 4.78 is 0. The molecule has 4 saturated carbocycles. The smallest absolute Gasteiger partial charge is 0.0508 e. The van der Waals surface area contributed by atoms with Crippen LogP contribution in [0.25, 0.3) is 0 Å². The second-order valence-corrected chi connectivity index (χ2v) is 23.1. The summed E-state index contributed by atoms with van der Waals surface area (Å²) in [6, 6.07) is 1.45. The van der Waals surface area contributed by atoms with Crippen LogP contribution in [0, 0.1) is 63.6 Å². The van der Waals surface area contributed by atoms with Crippen molar-refractivity contribution in [1.82, 2.24) is 0 Å². The van der Waals surface area contributed by atoms with Gasteiger partial charge in [0.1, 0.15) is 0 Å². The summed E-state index contributed by atoms with van der Waals surface area (Å²) in [5.41, 5.74) is 2.48. The molecule has 0 amide bonds. The lowest BCUT2D eigenvalue weighted by Crippen LogP contribution is -2.42. The Morgan fingerprint density at radius 1 is 0.639 bits per heavy atom. The Balaban J connectivity index is 1.62. The Labute approximate surface area is 228 Å². The van der Waals surface area contributed by atoms with Crippen LogP contribution in [-0.4, -0.2) is 8.07 Å². The molecule has 0 saturated heterocycles. The molecule has 0 aromatic heterocycles. The molecule has 4 fully saturated rings. The molecule has 0 N–H and O–H groups in total. The summed E-state index contributed by atoms with van der Waals surface area (Å²) in [5, 5.41) is 0. The van der Waals surface area contributed by atoms with E-state index in [2.05, 4.69) is 81.1 Å². The van der Waals surface area contributed by atoms with Gasteiger partial charge in [0.05, 0.1) is 8.07 Å². The molecule has 8 unspecified atom stereocenters. The lowest BCUT2D eigenvalue weighted by atomic mass is 9.56. The van der Waals surface area contributed by atoms with E-state index >= 15 is 0 Å². The van der Waals surface area contributed by atoms with E-state index in [1.165, 1.54) is 63.8 Å². The van der Waals surface area contributed by atoms with E-state index in [0.29, 0.717) is 16.2 Å². The predicted molar refractivity (Wildman–Crippen MR) is 163 cm³/mol. The van der Waals surface area contributed by atoms with Crippen LogP contribution in [0.15, 0.2) is 12.7 Å². The SMILES string of the molecule is C=CCC[Si](C)(C)C1CCC(C(C)(C)C2C3CC(C(C)(C)C)CCC3C3CCC(C(C)(C)C)CC32)C1. The first-order chi connectivity index (χ1) is 16.6. The zero-order valence-corrected chi connectivity index (χ0v) is 27.3. The molecular formula is C35H64Si. The van der Waals surface area contributed by atoms with E-state index in [4.69, 9.17) is 0 Å². The van der Waals surface area contributed by atoms with E-state index < -0.39 is 8.07 Å². The average molecular weight is 513 g/mol. The van der Waals surface area contributed by atoms with Crippen molar-refractivity contribution in [2.75, 3.05) is 0 Å². The second kappa shape index (κ2) is 10.2. The van der Waals surface area contributed by atoms with Crippen molar-refractivity contribution in [3.8, 4) is 0 Å². The maximum atomic E-state index is 4.04. The zero-order chi connectivity index (χ0) is 26.7. The van der Waals surface area contributed by atoms with Gasteiger partial charge in [-0.05, 0) is 127 Å². The van der Waals surface area contributed by atoms with Gasteiger partial charge >= 0.3 is 0 Å². The minimum absolute atomic E-state index is 0.473. The molecular weight excluding hydrogens is 448 g/mol. The maximum absolute atomic E-state index is 4.04. The van der Waals surface area contributed by atoms with Crippen LogP contribution in [0.3, 0.4) is 0 Å². The third-order valence-electron chi connectivity index (χ3n) is 13.3. The molecule has 0 aromatic rings.